The highest BCUT2D eigenvalue weighted by Crippen LogP contribution is 2.27. The zero-order valence-corrected chi connectivity index (χ0v) is 12.3. The average molecular weight is 260 g/mol. The van der Waals surface area contributed by atoms with Crippen LogP contribution in [-0.2, 0) is 6.42 Å². The second kappa shape index (κ2) is 7.54. The molecular formula is C17H28N2. The van der Waals surface area contributed by atoms with E-state index in [1.165, 1.54) is 56.4 Å². The molecule has 2 N–H and O–H groups in total. The molecule has 1 aromatic rings. The Morgan fingerprint density at radius 2 is 2.05 bits per heavy atom. The number of benzene rings is 1. The monoisotopic (exact) mass is 260 g/mol. The minimum Gasteiger partial charge on any atom is -0.371 e. The summed E-state index contributed by atoms with van der Waals surface area (Å²) in [6.07, 6.45) is 7.81. The minimum atomic E-state index is 0.739. The lowest BCUT2D eigenvalue weighted by molar-refractivity contribution is 0.435. The van der Waals surface area contributed by atoms with Crippen molar-refractivity contribution in [2.75, 3.05) is 24.5 Å². The second-order valence-corrected chi connectivity index (χ2v) is 5.74. The average Bonchev–Trinajstić information content (AvgIpc) is 2.66. The van der Waals surface area contributed by atoms with Gasteiger partial charge in [-0.3, -0.25) is 0 Å². The van der Waals surface area contributed by atoms with Crippen molar-refractivity contribution in [1.29, 1.82) is 0 Å². The van der Waals surface area contributed by atoms with E-state index in [0.717, 1.165) is 18.9 Å². The van der Waals surface area contributed by atoms with Crippen LogP contribution in [0.3, 0.4) is 0 Å². The molecule has 0 radical (unpaired) electrons. The van der Waals surface area contributed by atoms with Gasteiger partial charge < -0.3 is 10.6 Å². The van der Waals surface area contributed by atoms with Gasteiger partial charge in [0.2, 0.25) is 0 Å². The molecule has 1 fully saturated rings. The fourth-order valence-corrected chi connectivity index (χ4v) is 3.29. The van der Waals surface area contributed by atoms with Gasteiger partial charge in [0.25, 0.3) is 0 Å². The molecular weight excluding hydrogens is 232 g/mol. The molecule has 1 unspecified atom stereocenters. The predicted molar refractivity (Wildman–Crippen MR) is 83.7 cm³/mol. The van der Waals surface area contributed by atoms with E-state index in [0.29, 0.717) is 0 Å². The molecule has 0 saturated carbocycles. The highest BCUT2D eigenvalue weighted by molar-refractivity contribution is 5.53. The largest absolute Gasteiger partial charge is 0.371 e. The molecule has 0 amide bonds. The van der Waals surface area contributed by atoms with Crippen LogP contribution in [0.15, 0.2) is 24.3 Å². The first-order valence-electron chi connectivity index (χ1n) is 7.88. The van der Waals surface area contributed by atoms with Gasteiger partial charge in [0, 0.05) is 18.8 Å². The molecule has 1 atom stereocenters. The highest BCUT2D eigenvalue weighted by atomic mass is 15.1. The molecule has 19 heavy (non-hydrogen) atoms. The molecule has 0 bridgehead atoms. The molecule has 1 aromatic carbocycles. The third kappa shape index (κ3) is 3.97. The van der Waals surface area contributed by atoms with Crippen molar-refractivity contribution in [2.45, 2.75) is 45.4 Å². The number of nitrogens with two attached hydrogens (primary N) is 1. The van der Waals surface area contributed by atoms with Crippen molar-refractivity contribution in [3.05, 3.63) is 29.8 Å². The summed E-state index contributed by atoms with van der Waals surface area (Å²) in [5.41, 5.74) is 8.57. The Bertz CT molecular complexity index is 375. The van der Waals surface area contributed by atoms with Gasteiger partial charge in [-0.05, 0) is 49.8 Å². The van der Waals surface area contributed by atoms with E-state index in [1.807, 2.05) is 0 Å². The Morgan fingerprint density at radius 1 is 1.21 bits per heavy atom. The molecule has 2 heteroatoms. The molecule has 1 heterocycles. The van der Waals surface area contributed by atoms with Gasteiger partial charge in [-0.15, -0.1) is 0 Å². The summed E-state index contributed by atoms with van der Waals surface area (Å²) >= 11 is 0. The topological polar surface area (TPSA) is 29.3 Å². The van der Waals surface area contributed by atoms with Crippen LogP contribution in [0.25, 0.3) is 0 Å². The third-order valence-corrected chi connectivity index (χ3v) is 4.29. The van der Waals surface area contributed by atoms with Crippen LogP contribution < -0.4 is 10.6 Å². The summed E-state index contributed by atoms with van der Waals surface area (Å²) in [6, 6.07) is 8.79. The van der Waals surface area contributed by atoms with Crippen LogP contribution in [0, 0.1) is 5.92 Å². The van der Waals surface area contributed by atoms with Crippen molar-refractivity contribution in [3.63, 3.8) is 0 Å². The summed E-state index contributed by atoms with van der Waals surface area (Å²) in [7, 11) is 0. The van der Waals surface area contributed by atoms with Gasteiger partial charge in [-0.2, -0.15) is 0 Å². The third-order valence-electron chi connectivity index (χ3n) is 4.29. The number of anilines is 1. The minimum absolute atomic E-state index is 0.739. The maximum Gasteiger partial charge on any atom is 0.0399 e. The van der Waals surface area contributed by atoms with Crippen LogP contribution in [0.5, 0.6) is 0 Å². The number of hydrogen-bond donors (Lipinski definition) is 1. The summed E-state index contributed by atoms with van der Waals surface area (Å²) in [5.74, 6) is 0.941. The first-order chi connectivity index (χ1) is 9.35. The number of rotatable bonds is 5. The molecule has 2 nitrogen and oxygen atoms in total. The van der Waals surface area contributed by atoms with Gasteiger partial charge in [0.05, 0.1) is 0 Å². The first-order valence-corrected chi connectivity index (χ1v) is 7.88. The number of hydrogen-bond acceptors (Lipinski definition) is 2. The van der Waals surface area contributed by atoms with Crippen molar-refractivity contribution < 1.29 is 0 Å². The normalized spacial score (nSPS) is 20.3. The molecule has 1 aliphatic heterocycles. The van der Waals surface area contributed by atoms with E-state index >= 15 is 0 Å². The molecule has 0 aliphatic carbocycles. The van der Waals surface area contributed by atoms with Gasteiger partial charge >= 0.3 is 0 Å². The van der Waals surface area contributed by atoms with Crippen LogP contribution >= 0.6 is 0 Å². The fraction of sp³-hybridized carbons (Fsp3) is 0.647. The van der Waals surface area contributed by atoms with Crippen LogP contribution in [0.1, 0.15) is 44.6 Å². The quantitative estimate of drug-likeness (QED) is 0.876. The van der Waals surface area contributed by atoms with E-state index in [1.54, 1.807) is 0 Å². The van der Waals surface area contributed by atoms with Crippen molar-refractivity contribution in [3.8, 4) is 0 Å². The van der Waals surface area contributed by atoms with Crippen molar-refractivity contribution in [1.82, 2.24) is 0 Å². The molecule has 2 rings (SSSR count). The summed E-state index contributed by atoms with van der Waals surface area (Å²) in [6.45, 7) is 5.47. The zero-order valence-electron chi connectivity index (χ0n) is 12.3. The Labute approximate surface area is 118 Å². The molecule has 1 saturated heterocycles. The Hall–Kier alpha value is -1.02. The van der Waals surface area contributed by atoms with Crippen LogP contribution in [0.4, 0.5) is 5.69 Å². The maximum atomic E-state index is 5.73. The van der Waals surface area contributed by atoms with Gasteiger partial charge in [-0.1, -0.05) is 38.0 Å². The summed E-state index contributed by atoms with van der Waals surface area (Å²) in [5, 5.41) is 0. The first kappa shape index (κ1) is 14.4. The van der Waals surface area contributed by atoms with Crippen LogP contribution in [-0.4, -0.2) is 19.6 Å². The Morgan fingerprint density at radius 3 is 2.84 bits per heavy atom. The highest BCUT2D eigenvalue weighted by Gasteiger charge is 2.18. The lowest BCUT2D eigenvalue weighted by Crippen LogP contribution is -2.25. The van der Waals surface area contributed by atoms with E-state index < -0.39 is 0 Å². The Balaban J connectivity index is 2.05. The summed E-state index contributed by atoms with van der Waals surface area (Å²) < 4.78 is 0. The second-order valence-electron chi connectivity index (χ2n) is 5.74. The maximum absolute atomic E-state index is 5.73. The molecule has 0 spiro atoms. The summed E-state index contributed by atoms with van der Waals surface area (Å²) in [4.78, 5) is 2.58. The molecule has 1 aliphatic rings. The van der Waals surface area contributed by atoms with E-state index in [2.05, 4.69) is 36.1 Å². The van der Waals surface area contributed by atoms with Crippen LogP contribution in [0.2, 0.25) is 0 Å². The fourth-order valence-electron chi connectivity index (χ4n) is 3.29. The van der Waals surface area contributed by atoms with Crippen molar-refractivity contribution >= 4 is 5.69 Å². The lowest BCUT2D eigenvalue weighted by Gasteiger charge is -2.25. The smallest absolute Gasteiger partial charge is 0.0399 e. The molecule has 0 aromatic heterocycles. The van der Waals surface area contributed by atoms with E-state index in [4.69, 9.17) is 5.73 Å². The number of para-hydroxylation sites is 1. The van der Waals surface area contributed by atoms with Gasteiger partial charge in [0.1, 0.15) is 0 Å². The van der Waals surface area contributed by atoms with Gasteiger partial charge in [-0.25, -0.2) is 0 Å². The standard InChI is InChI=1S/C17H28N2/c1-2-6-15-7-5-13-19(14-11-15)17-9-4-3-8-16(17)10-12-18/h3-4,8-9,15H,2,5-7,10-14,18H2,1H3. The molecule has 106 valence electrons. The Kier molecular flexibility index (Phi) is 5.71. The predicted octanol–water partition coefficient (Wildman–Crippen LogP) is 3.59. The number of nitrogens with zero attached hydrogens (tertiary/aromatic N) is 1. The van der Waals surface area contributed by atoms with Crippen molar-refractivity contribution in [2.24, 2.45) is 11.7 Å². The van der Waals surface area contributed by atoms with Gasteiger partial charge in [0.15, 0.2) is 0 Å². The lowest BCUT2D eigenvalue weighted by atomic mass is 9.96. The van der Waals surface area contributed by atoms with E-state index in [9.17, 15) is 0 Å². The SMILES string of the molecule is CCCC1CCCN(c2ccccc2CCN)CC1. The van der Waals surface area contributed by atoms with E-state index in [-0.39, 0.29) is 0 Å². The zero-order chi connectivity index (χ0) is 13.5.